The minimum absolute atomic E-state index is 0.0405. The molecule has 0 aliphatic carbocycles. The van der Waals surface area contributed by atoms with Crippen molar-refractivity contribution < 1.29 is 14.3 Å². The molecule has 1 aromatic carbocycles. The number of ether oxygens (including phenoxy) is 2. The maximum absolute atomic E-state index is 11.5. The second kappa shape index (κ2) is 7.92. The van der Waals surface area contributed by atoms with E-state index in [2.05, 4.69) is 22.1 Å². The highest BCUT2D eigenvalue weighted by Gasteiger charge is 2.17. The number of nitrogens with zero attached hydrogens (tertiary/aromatic N) is 2. The van der Waals surface area contributed by atoms with Crippen LogP contribution in [0.2, 0.25) is 0 Å². The number of aromatic amines is 1. The lowest BCUT2D eigenvalue weighted by molar-refractivity contribution is -0.123. The summed E-state index contributed by atoms with van der Waals surface area (Å²) in [5, 5.41) is 11.0. The van der Waals surface area contributed by atoms with Gasteiger partial charge < -0.3 is 25.4 Å². The maximum atomic E-state index is 11.5. The van der Waals surface area contributed by atoms with Gasteiger partial charge in [0.05, 0.1) is 30.2 Å². The van der Waals surface area contributed by atoms with Gasteiger partial charge in [-0.25, -0.2) is 0 Å². The van der Waals surface area contributed by atoms with Crippen LogP contribution in [0.4, 0.5) is 0 Å². The summed E-state index contributed by atoms with van der Waals surface area (Å²) in [5.41, 5.74) is 8.38. The van der Waals surface area contributed by atoms with Crippen LogP contribution in [0.3, 0.4) is 0 Å². The molecule has 1 amide bonds. The Morgan fingerprint density at radius 3 is 3.08 bits per heavy atom. The average Bonchev–Trinajstić information content (AvgIpc) is 3.05. The number of benzene rings is 1. The molecule has 1 aliphatic rings. The number of H-pyrrole nitrogens is 1. The molecule has 8 nitrogen and oxygen atoms in total. The molecule has 0 radical (unpaired) electrons. The van der Waals surface area contributed by atoms with Crippen LogP contribution in [0.1, 0.15) is 5.69 Å². The number of allylic oxidation sites excluding steroid dienone is 2. The molecule has 3 rings (SSSR count). The highest BCUT2D eigenvalue weighted by molar-refractivity contribution is 5.93. The number of rotatable bonds is 7. The van der Waals surface area contributed by atoms with Gasteiger partial charge in [0.25, 0.3) is 0 Å². The van der Waals surface area contributed by atoms with E-state index in [9.17, 15) is 4.79 Å². The van der Waals surface area contributed by atoms with Gasteiger partial charge in [0.2, 0.25) is 5.91 Å². The molecule has 1 aromatic heterocycles. The summed E-state index contributed by atoms with van der Waals surface area (Å²) in [6.45, 7) is 6.56. The summed E-state index contributed by atoms with van der Waals surface area (Å²) in [5.74, 6) is 1.18. The number of amides is 1. The number of carbonyl (C=O) groups is 1. The number of nitrogens with two attached hydrogens (primary N) is 1. The minimum Gasteiger partial charge on any atom is -0.491 e. The quantitative estimate of drug-likeness (QED) is 0.501. The Hall–Kier alpha value is -3.00. The lowest BCUT2D eigenvalue weighted by Gasteiger charge is -2.28. The molecule has 26 heavy (non-hydrogen) atoms. The third kappa shape index (κ3) is 3.97. The van der Waals surface area contributed by atoms with E-state index >= 15 is 0 Å². The smallest absolute Gasteiger partial charge is 0.239 e. The van der Waals surface area contributed by atoms with Crippen LogP contribution < -0.4 is 15.8 Å². The second-order valence-corrected chi connectivity index (χ2v) is 5.99. The van der Waals surface area contributed by atoms with Crippen molar-refractivity contribution in [3.8, 4) is 5.75 Å². The number of hydrogen-bond acceptors (Lipinski definition) is 6. The average molecular weight is 357 g/mol. The van der Waals surface area contributed by atoms with Gasteiger partial charge in [-0.2, -0.15) is 5.10 Å². The summed E-state index contributed by atoms with van der Waals surface area (Å²) in [6.07, 6.45) is 1.74. The molecular weight excluding hydrogens is 334 g/mol. The maximum Gasteiger partial charge on any atom is 0.239 e. The van der Waals surface area contributed by atoms with Gasteiger partial charge in [-0.1, -0.05) is 6.58 Å². The second-order valence-electron chi connectivity index (χ2n) is 5.99. The molecule has 1 aliphatic heterocycles. The van der Waals surface area contributed by atoms with Crippen LogP contribution in [-0.4, -0.2) is 61.0 Å². The van der Waals surface area contributed by atoms with E-state index in [4.69, 9.17) is 15.2 Å². The predicted octanol–water partition coefficient (Wildman–Crippen LogP) is 0.833. The summed E-state index contributed by atoms with van der Waals surface area (Å²) < 4.78 is 10.7. The Morgan fingerprint density at radius 2 is 2.31 bits per heavy atom. The van der Waals surface area contributed by atoms with E-state index in [-0.39, 0.29) is 12.5 Å². The third-order valence-corrected chi connectivity index (χ3v) is 4.12. The first-order valence-corrected chi connectivity index (χ1v) is 8.36. The lowest BCUT2D eigenvalue weighted by atomic mass is 10.1. The van der Waals surface area contributed by atoms with Crippen LogP contribution in [0, 0.1) is 0 Å². The van der Waals surface area contributed by atoms with E-state index in [0.717, 1.165) is 16.7 Å². The molecule has 8 heteroatoms. The fourth-order valence-electron chi connectivity index (χ4n) is 2.77. The largest absolute Gasteiger partial charge is 0.491 e. The van der Waals surface area contributed by atoms with Crippen molar-refractivity contribution in [1.29, 1.82) is 0 Å². The van der Waals surface area contributed by atoms with Gasteiger partial charge in [-0.3, -0.25) is 9.89 Å². The van der Waals surface area contributed by atoms with Crippen LogP contribution in [0.5, 0.6) is 5.75 Å². The summed E-state index contributed by atoms with van der Waals surface area (Å²) in [7, 11) is 1.63. The molecule has 1 fully saturated rings. The molecule has 2 aromatic rings. The van der Waals surface area contributed by atoms with Crippen LogP contribution in [-0.2, 0) is 9.53 Å². The van der Waals surface area contributed by atoms with Gasteiger partial charge >= 0.3 is 0 Å². The zero-order chi connectivity index (χ0) is 18.5. The summed E-state index contributed by atoms with van der Waals surface area (Å²) in [4.78, 5) is 13.3. The van der Waals surface area contributed by atoms with Crippen molar-refractivity contribution in [2.45, 2.75) is 0 Å². The lowest BCUT2D eigenvalue weighted by Crippen LogP contribution is -2.48. The van der Waals surface area contributed by atoms with Crippen molar-refractivity contribution in [2.75, 3.05) is 40.0 Å². The van der Waals surface area contributed by atoms with Crippen molar-refractivity contribution in [2.24, 2.45) is 5.73 Å². The number of nitrogens with one attached hydrogen (secondary N) is 2. The molecule has 2 heterocycles. The number of methoxy groups -OCH3 is 1. The Morgan fingerprint density at radius 1 is 1.46 bits per heavy atom. The van der Waals surface area contributed by atoms with Gasteiger partial charge in [-0.05, 0) is 29.8 Å². The number of hydrogen-bond donors (Lipinski definition) is 3. The van der Waals surface area contributed by atoms with Gasteiger partial charge in [-0.15, -0.1) is 0 Å². The van der Waals surface area contributed by atoms with E-state index in [0.29, 0.717) is 43.4 Å². The first-order chi connectivity index (χ1) is 12.6. The first-order valence-electron chi connectivity index (χ1n) is 8.36. The van der Waals surface area contributed by atoms with Crippen molar-refractivity contribution in [3.05, 3.63) is 42.4 Å². The number of aromatic nitrogens is 2. The normalized spacial score (nSPS) is 15.2. The van der Waals surface area contributed by atoms with E-state index < -0.39 is 0 Å². The molecule has 0 saturated carbocycles. The molecule has 1 saturated heterocycles. The van der Waals surface area contributed by atoms with Gasteiger partial charge in [0.15, 0.2) is 0 Å². The molecule has 0 bridgehead atoms. The molecule has 0 atom stereocenters. The molecule has 0 spiro atoms. The summed E-state index contributed by atoms with van der Waals surface area (Å²) >= 11 is 0. The van der Waals surface area contributed by atoms with Crippen LogP contribution in [0.15, 0.2) is 36.7 Å². The fraction of sp³-hybridized carbons (Fsp3) is 0.333. The van der Waals surface area contributed by atoms with Crippen LogP contribution in [0.25, 0.3) is 16.5 Å². The molecule has 4 N–H and O–H groups in total. The fourth-order valence-corrected chi connectivity index (χ4v) is 2.77. The minimum atomic E-state index is -0.0405. The highest BCUT2D eigenvalue weighted by atomic mass is 16.5. The van der Waals surface area contributed by atoms with Gasteiger partial charge in [0.1, 0.15) is 12.4 Å². The SMILES string of the molecule is C=C(/C=C(\N)N1CCNC(=O)C1)c1n[nH]c2ccc(OCCOC)cc12. The third-order valence-electron chi connectivity index (χ3n) is 4.12. The van der Waals surface area contributed by atoms with Crippen LogP contribution >= 0.6 is 0 Å². The topological polar surface area (TPSA) is 106 Å². The molecule has 138 valence electrons. The van der Waals surface area contributed by atoms with Crippen molar-refractivity contribution in [3.63, 3.8) is 0 Å². The summed E-state index contributed by atoms with van der Waals surface area (Å²) in [6, 6.07) is 5.69. The Bertz CT molecular complexity index is 842. The number of piperazine rings is 1. The highest BCUT2D eigenvalue weighted by Crippen LogP contribution is 2.27. The van der Waals surface area contributed by atoms with E-state index in [1.54, 1.807) is 13.2 Å². The Kier molecular flexibility index (Phi) is 5.43. The molecule has 0 unspecified atom stereocenters. The molecular formula is C18H23N5O3. The Labute approximate surface area is 151 Å². The van der Waals surface area contributed by atoms with Crippen molar-refractivity contribution >= 4 is 22.4 Å². The number of carbonyl (C=O) groups excluding carboxylic acids is 1. The van der Waals surface area contributed by atoms with Gasteiger partial charge in [0, 0.05) is 25.6 Å². The van der Waals surface area contributed by atoms with Crippen molar-refractivity contribution in [1.82, 2.24) is 20.4 Å². The monoisotopic (exact) mass is 357 g/mol. The zero-order valence-corrected chi connectivity index (χ0v) is 14.7. The first kappa shape index (κ1) is 17.8. The number of fused-ring (bicyclic) bond motifs is 1. The van der Waals surface area contributed by atoms with E-state index in [1.165, 1.54) is 0 Å². The standard InChI is InChI=1S/C18H23N5O3/c1-12(9-16(19)23-6-5-20-17(24)11-23)18-14-10-13(26-8-7-25-2)3-4-15(14)21-22-18/h3-4,9-10H,1,5-8,11,19H2,2H3,(H,20,24)(H,21,22)/b16-9+. The predicted molar refractivity (Wildman–Crippen MR) is 99.4 cm³/mol. The Balaban J connectivity index is 1.79. The zero-order valence-electron chi connectivity index (χ0n) is 14.7. The van der Waals surface area contributed by atoms with E-state index in [1.807, 2.05) is 23.1 Å².